The molecule has 2 aromatic heterocycles. The summed E-state index contributed by atoms with van der Waals surface area (Å²) in [5.74, 6) is -0.401. The highest BCUT2D eigenvalue weighted by molar-refractivity contribution is 8.24. The van der Waals surface area contributed by atoms with Gasteiger partial charge in [-0.15, -0.1) is 10.2 Å². The van der Waals surface area contributed by atoms with Gasteiger partial charge in [-0.25, -0.2) is 14.4 Å². The van der Waals surface area contributed by atoms with Crippen LogP contribution in [-0.4, -0.2) is 41.6 Å². The Balaban J connectivity index is 1.65. The van der Waals surface area contributed by atoms with Crippen LogP contribution in [0.4, 0.5) is 10.2 Å². The molecule has 0 aliphatic rings. The summed E-state index contributed by atoms with van der Waals surface area (Å²) in [6, 6.07) is 11.5. The Labute approximate surface area is 197 Å². The first-order chi connectivity index (χ1) is 16.2. The second kappa shape index (κ2) is 9.47. The largest absolute Gasteiger partial charge is 0.414 e. The average Bonchev–Trinajstić information content (AvgIpc) is 3.29. The van der Waals surface area contributed by atoms with Crippen molar-refractivity contribution in [2.45, 2.75) is 30.5 Å². The van der Waals surface area contributed by atoms with Crippen LogP contribution in [0.1, 0.15) is 19.4 Å². The van der Waals surface area contributed by atoms with E-state index in [9.17, 15) is 13.5 Å². The topological polar surface area (TPSA) is 143 Å². The maximum absolute atomic E-state index is 14.6. The average molecular weight is 485 g/mol. The molecule has 9 nitrogen and oxygen atoms in total. The van der Waals surface area contributed by atoms with Crippen molar-refractivity contribution < 1.29 is 17.9 Å². The highest BCUT2D eigenvalue weighted by atomic mass is 32.3. The van der Waals surface area contributed by atoms with Crippen molar-refractivity contribution in [2.24, 2.45) is 0 Å². The molecule has 34 heavy (non-hydrogen) atoms. The van der Waals surface area contributed by atoms with E-state index in [0.29, 0.717) is 22.7 Å². The van der Waals surface area contributed by atoms with Crippen LogP contribution >= 0.6 is 10.6 Å². The van der Waals surface area contributed by atoms with Crippen LogP contribution in [0.15, 0.2) is 58.0 Å². The lowest BCUT2D eigenvalue weighted by molar-refractivity contribution is 0.476. The van der Waals surface area contributed by atoms with Crippen LogP contribution in [0.5, 0.6) is 0 Å². The van der Waals surface area contributed by atoms with Crippen LogP contribution in [-0.2, 0) is 6.54 Å². The number of nitrogen functional groups attached to an aromatic ring is 1. The van der Waals surface area contributed by atoms with Gasteiger partial charge >= 0.3 is 0 Å². The van der Waals surface area contributed by atoms with E-state index in [2.05, 4.69) is 25.5 Å². The minimum atomic E-state index is -2.89. The Hall–Kier alpha value is -3.38. The number of nitrogens with one attached hydrogen (secondary N) is 1. The molecule has 4 aromatic rings. The molecule has 0 spiro atoms. The highest BCUT2D eigenvalue weighted by Crippen LogP contribution is 2.52. The molecule has 5 N–H and O–H groups in total. The molecule has 2 heterocycles. The van der Waals surface area contributed by atoms with Crippen molar-refractivity contribution in [3.63, 3.8) is 0 Å². The van der Waals surface area contributed by atoms with Crippen LogP contribution in [0.2, 0.25) is 0 Å². The van der Waals surface area contributed by atoms with Crippen molar-refractivity contribution in [3.05, 3.63) is 60.0 Å². The summed E-state index contributed by atoms with van der Waals surface area (Å²) < 4.78 is 40.9. The number of rotatable bonds is 7. The lowest BCUT2D eigenvalue weighted by Crippen LogP contribution is -2.10. The molecular formula is C23H25FN6O3S. The van der Waals surface area contributed by atoms with Gasteiger partial charge in [-0.05, 0) is 50.7 Å². The van der Waals surface area contributed by atoms with E-state index in [0.717, 1.165) is 5.56 Å². The Kier molecular flexibility index (Phi) is 6.62. The smallest absolute Gasteiger partial charge is 0.270 e. The minimum absolute atomic E-state index is 0.00152. The molecule has 2 aromatic carbocycles. The monoisotopic (exact) mass is 484 g/mol. The van der Waals surface area contributed by atoms with Crippen LogP contribution in [0.3, 0.4) is 0 Å². The standard InChI is InChI=1S/C23H25FN6O3S/c1-13(2)34(31,32)16-7-5-15(6-8-16)19-12-27-21(25)20(28-19)23-30-29-22(33-23)17-9-4-14(11-26-3)10-18(17)24/h4-10,12-13,26,31-32H,11H2,1-3H3,(H2,25,27). The molecule has 0 bridgehead atoms. The number of aromatic nitrogens is 4. The first kappa shape index (κ1) is 23.8. The van der Waals surface area contributed by atoms with Gasteiger partial charge in [0, 0.05) is 17.4 Å². The predicted octanol–water partition coefficient (Wildman–Crippen LogP) is 4.82. The Morgan fingerprint density at radius 2 is 1.79 bits per heavy atom. The third kappa shape index (κ3) is 4.64. The van der Waals surface area contributed by atoms with Gasteiger partial charge in [0.25, 0.3) is 11.8 Å². The van der Waals surface area contributed by atoms with Gasteiger partial charge in [0.05, 0.1) is 22.3 Å². The molecule has 0 radical (unpaired) electrons. The Bertz CT molecular complexity index is 1310. The molecule has 0 aliphatic carbocycles. The first-order valence-corrected chi connectivity index (χ1v) is 12.1. The van der Waals surface area contributed by atoms with Gasteiger partial charge in [0.1, 0.15) is 5.82 Å². The van der Waals surface area contributed by atoms with E-state index < -0.39 is 16.4 Å². The number of anilines is 1. The number of nitrogens with two attached hydrogens (primary N) is 1. The van der Waals surface area contributed by atoms with E-state index in [1.165, 1.54) is 12.3 Å². The maximum atomic E-state index is 14.6. The van der Waals surface area contributed by atoms with Gasteiger partial charge in [0.2, 0.25) is 0 Å². The minimum Gasteiger partial charge on any atom is -0.414 e. The fourth-order valence-electron chi connectivity index (χ4n) is 3.27. The van der Waals surface area contributed by atoms with Gasteiger partial charge in [-0.3, -0.25) is 9.11 Å². The van der Waals surface area contributed by atoms with Crippen molar-refractivity contribution in [1.29, 1.82) is 0 Å². The summed E-state index contributed by atoms with van der Waals surface area (Å²) in [5.41, 5.74) is 8.27. The molecule has 0 atom stereocenters. The third-order valence-electron chi connectivity index (χ3n) is 5.23. The predicted molar refractivity (Wildman–Crippen MR) is 130 cm³/mol. The van der Waals surface area contributed by atoms with E-state index in [4.69, 9.17) is 10.2 Å². The second-order valence-corrected chi connectivity index (χ2v) is 10.5. The van der Waals surface area contributed by atoms with Gasteiger partial charge in [-0.1, -0.05) is 18.2 Å². The fourth-order valence-corrected chi connectivity index (χ4v) is 4.35. The van der Waals surface area contributed by atoms with Crippen LogP contribution < -0.4 is 11.1 Å². The zero-order valence-corrected chi connectivity index (χ0v) is 19.7. The molecule has 0 amide bonds. The molecule has 178 valence electrons. The molecule has 11 heteroatoms. The van der Waals surface area contributed by atoms with Gasteiger partial charge in [-0.2, -0.15) is 10.6 Å². The zero-order chi connectivity index (χ0) is 24.5. The Morgan fingerprint density at radius 3 is 2.44 bits per heavy atom. The van der Waals surface area contributed by atoms with E-state index in [1.54, 1.807) is 57.3 Å². The van der Waals surface area contributed by atoms with Crippen molar-refractivity contribution in [1.82, 2.24) is 25.5 Å². The lowest BCUT2D eigenvalue weighted by atomic mass is 10.1. The normalized spacial score (nSPS) is 12.3. The van der Waals surface area contributed by atoms with Crippen LogP contribution in [0, 0.1) is 5.82 Å². The van der Waals surface area contributed by atoms with Crippen molar-refractivity contribution >= 4 is 16.4 Å². The number of hydrogen-bond donors (Lipinski definition) is 4. The van der Waals surface area contributed by atoms with Gasteiger partial charge < -0.3 is 15.5 Å². The molecule has 0 fully saturated rings. The van der Waals surface area contributed by atoms with E-state index >= 15 is 0 Å². The van der Waals surface area contributed by atoms with Crippen LogP contribution in [0.25, 0.3) is 34.3 Å². The number of hydrogen-bond acceptors (Lipinski definition) is 9. The summed E-state index contributed by atoms with van der Waals surface area (Å²) in [4.78, 5) is 9.12. The summed E-state index contributed by atoms with van der Waals surface area (Å²) in [5, 5.41) is 10.6. The Morgan fingerprint density at radius 1 is 1.09 bits per heavy atom. The van der Waals surface area contributed by atoms with Crippen molar-refractivity contribution in [2.75, 3.05) is 12.8 Å². The second-order valence-electron chi connectivity index (χ2n) is 7.91. The maximum Gasteiger partial charge on any atom is 0.270 e. The van der Waals surface area contributed by atoms with E-state index in [1.807, 2.05) is 0 Å². The summed E-state index contributed by atoms with van der Waals surface area (Å²) in [7, 11) is -1.11. The highest BCUT2D eigenvalue weighted by Gasteiger charge is 2.21. The zero-order valence-electron chi connectivity index (χ0n) is 18.9. The lowest BCUT2D eigenvalue weighted by Gasteiger charge is -2.36. The fraction of sp³-hybridized carbons (Fsp3) is 0.217. The molecule has 0 aliphatic heterocycles. The summed E-state index contributed by atoms with van der Waals surface area (Å²) in [6.45, 7) is 4.03. The SMILES string of the molecule is CNCc1ccc(-c2nnc(-c3nc(-c4ccc(S(O)(O)C(C)C)cc4)cnc3N)o2)c(F)c1. The van der Waals surface area contributed by atoms with Gasteiger partial charge in [0.15, 0.2) is 11.5 Å². The number of nitrogens with zero attached hydrogens (tertiary/aromatic N) is 4. The first-order valence-electron chi connectivity index (χ1n) is 10.5. The quantitative estimate of drug-likeness (QED) is 0.290. The molecule has 0 unspecified atom stereocenters. The molecule has 0 saturated carbocycles. The van der Waals surface area contributed by atoms with E-state index in [-0.39, 0.29) is 34.1 Å². The third-order valence-corrected chi connectivity index (χ3v) is 7.51. The molecular weight excluding hydrogens is 459 g/mol. The van der Waals surface area contributed by atoms with Crippen molar-refractivity contribution in [3.8, 4) is 34.3 Å². The molecule has 0 saturated heterocycles. The molecule has 4 rings (SSSR count). The number of benzene rings is 2. The summed E-state index contributed by atoms with van der Waals surface area (Å²) in [6.07, 6.45) is 1.49. The summed E-state index contributed by atoms with van der Waals surface area (Å²) >= 11 is 0. The number of halogens is 1.